The smallest absolute Gasteiger partial charge is 0.306 e. The van der Waals surface area contributed by atoms with Crippen LogP contribution in [0.2, 0.25) is 0 Å². The molecule has 0 aromatic heterocycles. The Morgan fingerprint density at radius 1 is 1.05 bits per heavy atom. The van der Waals surface area contributed by atoms with Crippen molar-refractivity contribution >= 4 is 17.8 Å². The van der Waals surface area contributed by atoms with Gasteiger partial charge in [0.15, 0.2) is 0 Å². The van der Waals surface area contributed by atoms with Gasteiger partial charge < -0.3 is 5.11 Å². The Labute approximate surface area is 116 Å². The molecular formula is C15H17NO4. The number of hydrogen-bond donors (Lipinski definition) is 1. The molecule has 2 saturated carbocycles. The van der Waals surface area contributed by atoms with Gasteiger partial charge in [-0.3, -0.25) is 19.3 Å². The van der Waals surface area contributed by atoms with Gasteiger partial charge in [0.1, 0.15) is 0 Å². The van der Waals surface area contributed by atoms with Gasteiger partial charge >= 0.3 is 5.97 Å². The highest BCUT2D eigenvalue weighted by Gasteiger charge is 2.60. The van der Waals surface area contributed by atoms with Crippen LogP contribution in [0.15, 0.2) is 12.2 Å². The molecule has 1 saturated heterocycles. The van der Waals surface area contributed by atoms with Crippen LogP contribution < -0.4 is 0 Å². The standard InChI is InChI=1S/C15H17NO4/c17-13-11-7-1-2-8(5-7)12(11)14(18)16(13)10-4-3-9(6-10)15(19)20/h1-2,7-12H,3-6H2,(H,19,20)/t7?,8?,9-,10+,11?,12?/m1/s1. The number of imide groups is 1. The Hall–Kier alpha value is -1.65. The first-order valence-electron chi connectivity index (χ1n) is 7.36. The highest BCUT2D eigenvalue weighted by atomic mass is 16.4. The minimum Gasteiger partial charge on any atom is -0.481 e. The van der Waals surface area contributed by atoms with Crippen molar-refractivity contribution < 1.29 is 19.5 Å². The lowest BCUT2D eigenvalue weighted by Crippen LogP contribution is -2.40. The Morgan fingerprint density at radius 3 is 2.15 bits per heavy atom. The number of fused-ring (bicyclic) bond motifs is 5. The van der Waals surface area contributed by atoms with E-state index in [-0.39, 0.29) is 41.5 Å². The third kappa shape index (κ3) is 1.41. The maximum absolute atomic E-state index is 12.6. The summed E-state index contributed by atoms with van der Waals surface area (Å²) < 4.78 is 0. The van der Waals surface area contributed by atoms with Crippen LogP contribution in [-0.4, -0.2) is 33.8 Å². The number of allylic oxidation sites excluding steroid dienone is 2. The number of amides is 2. The van der Waals surface area contributed by atoms with Crippen molar-refractivity contribution in [1.82, 2.24) is 4.90 Å². The summed E-state index contributed by atoms with van der Waals surface area (Å²) in [5.41, 5.74) is 0. The number of aliphatic carboxylic acids is 1. The molecule has 2 bridgehead atoms. The second kappa shape index (κ2) is 3.93. The summed E-state index contributed by atoms with van der Waals surface area (Å²) >= 11 is 0. The van der Waals surface area contributed by atoms with E-state index in [1.165, 1.54) is 4.90 Å². The minimum absolute atomic E-state index is 0.0483. The SMILES string of the molecule is O=C(O)[C@@H]1CC[C@H](N2C(=O)C3C4C=CC(C4)C3C2=O)C1. The molecule has 5 heteroatoms. The van der Waals surface area contributed by atoms with Crippen molar-refractivity contribution in [1.29, 1.82) is 0 Å². The molecule has 5 nitrogen and oxygen atoms in total. The molecule has 1 N–H and O–H groups in total. The molecule has 106 valence electrons. The van der Waals surface area contributed by atoms with Gasteiger partial charge in [0.05, 0.1) is 17.8 Å². The molecule has 3 aliphatic carbocycles. The van der Waals surface area contributed by atoms with E-state index in [1.807, 2.05) is 0 Å². The lowest BCUT2D eigenvalue weighted by Gasteiger charge is -2.24. The Morgan fingerprint density at radius 2 is 1.65 bits per heavy atom. The predicted molar refractivity (Wildman–Crippen MR) is 68.3 cm³/mol. The summed E-state index contributed by atoms with van der Waals surface area (Å²) in [6, 6.07) is -0.193. The molecule has 3 fully saturated rings. The second-order valence-corrected chi connectivity index (χ2v) is 6.55. The molecule has 2 amide bonds. The Kier molecular flexibility index (Phi) is 2.38. The Balaban J connectivity index is 1.58. The molecule has 4 unspecified atom stereocenters. The van der Waals surface area contributed by atoms with Gasteiger partial charge in [-0.1, -0.05) is 12.2 Å². The van der Waals surface area contributed by atoms with E-state index in [1.54, 1.807) is 0 Å². The molecular weight excluding hydrogens is 258 g/mol. The van der Waals surface area contributed by atoms with E-state index >= 15 is 0 Å². The number of hydrogen-bond acceptors (Lipinski definition) is 3. The van der Waals surface area contributed by atoms with Gasteiger partial charge in [-0.15, -0.1) is 0 Å². The van der Waals surface area contributed by atoms with Crippen LogP contribution in [0.25, 0.3) is 0 Å². The van der Waals surface area contributed by atoms with Gasteiger partial charge in [-0.25, -0.2) is 0 Å². The molecule has 0 radical (unpaired) electrons. The summed E-state index contributed by atoms with van der Waals surface area (Å²) in [5.74, 6) is -1.20. The fourth-order valence-corrected chi connectivity index (χ4v) is 4.70. The van der Waals surface area contributed by atoms with E-state index in [9.17, 15) is 14.4 Å². The molecule has 4 rings (SSSR count). The van der Waals surface area contributed by atoms with Crippen molar-refractivity contribution in [3.8, 4) is 0 Å². The van der Waals surface area contributed by atoms with Crippen molar-refractivity contribution in [2.45, 2.75) is 31.7 Å². The normalized spacial score (nSPS) is 45.5. The van der Waals surface area contributed by atoms with E-state index in [2.05, 4.69) is 12.2 Å². The molecule has 4 aliphatic rings. The fraction of sp³-hybridized carbons (Fsp3) is 0.667. The molecule has 0 aromatic carbocycles. The first-order chi connectivity index (χ1) is 9.58. The second-order valence-electron chi connectivity index (χ2n) is 6.55. The van der Waals surface area contributed by atoms with Crippen LogP contribution in [0.1, 0.15) is 25.7 Å². The summed E-state index contributed by atoms with van der Waals surface area (Å²) in [6.07, 6.45) is 6.72. The zero-order valence-corrected chi connectivity index (χ0v) is 11.1. The molecule has 1 heterocycles. The Bertz CT molecular complexity index is 510. The monoisotopic (exact) mass is 275 g/mol. The molecule has 20 heavy (non-hydrogen) atoms. The van der Waals surface area contributed by atoms with E-state index in [0.29, 0.717) is 19.3 Å². The number of carboxylic acid groups (broad SMARTS) is 1. The van der Waals surface area contributed by atoms with Crippen molar-refractivity contribution in [2.24, 2.45) is 29.6 Å². The van der Waals surface area contributed by atoms with Crippen molar-refractivity contribution in [2.75, 3.05) is 0 Å². The quantitative estimate of drug-likeness (QED) is 0.603. The lowest BCUT2D eigenvalue weighted by molar-refractivity contribution is -0.145. The van der Waals surface area contributed by atoms with E-state index in [4.69, 9.17) is 5.11 Å². The van der Waals surface area contributed by atoms with E-state index < -0.39 is 11.9 Å². The highest BCUT2D eigenvalue weighted by Crippen LogP contribution is 2.53. The number of rotatable bonds is 2. The van der Waals surface area contributed by atoms with Crippen molar-refractivity contribution in [3.05, 3.63) is 12.2 Å². The largest absolute Gasteiger partial charge is 0.481 e. The number of carbonyl (C=O) groups is 3. The predicted octanol–water partition coefficient (Wildman–Crippen LogP) is 1.05. The molecule has 0 aromatic rings. The average molecular weight is 275 g/mol. The number of likely N-dealkylation sites (tertiary alicyclic amines) is 1. The van der Waals surface area contributed by atoms with Crippen LogP contribution in [0, 0.1) is 29.6 Å². The molecule has 0 spiro atoms. The maximum atomic E-state index is 12.6. The van der Waals surface area contributed by atoms with Gasteiger partial charge in [-0.05, 0) is 37.5 Å². The summed E-state index contributed by atoms with van der Waals surface area (Å²) in [6.45, 7) is 0. The van der Waals surface area contributed by atoms with Crippen LogP contribution in [0.4, 0.5) is 0 Å². The third-order valence-electron chi connectivity index (χ3n) is 5.62. The van der Waals surface area contributed by atoms with Crippen LogP contribution in [0.5, 0.6) is 0 Å². The number of carbonyl (C=O) groups excluding carboxylic acids is 2. The van der Waals surface area contributed by atoms with E-state index in [0.717, 1.165) is 6.42 Å². The van der Waals surface area contributed by atoms with Crippen LogP contribution in [-0.2, 0) is 14.4 Å². The van der Waals surface area contributed by atoms with Crippen molar-refractivity contribution in [3.63, 3.8) is 0 Å². The topological polar surface area (TPSA) is 74.7 Å². The van der Waals surface area contributed by atoms with Crippen LogP contribution in [0.3, 0.4) is 0 Å². The average Bonchev–Trinajstić information content (AvgIpc) is 3.13. The van der Waals surface area contributed by atoms with Gasteiger partial charge in [-0.2, -0.15) is 0 Å². The van der Waals surface area contributed by atoms with Gasteiger partial charge in [0.25, 0.3) is 0 Å². The fourth-order valence-electron chi connectivity index (χ4n) is 4.70. The van der Waals surface area contributed by atoms with Gasteiger partial charge in [0, 0.05) is 6.04 Å². The summed E-state index contributed by atoms with van der Waals surface area (Å²) in [5, 5.41) is 9.06. The highest BCUT2D eigenvalue weighted by molar-refractivity contribution is 6.06. The summed E-state index contributed by atoms with van der Waals surface area (Å²) in [4.78, 5) is 37.6. The molecule has 6 atom stereocenters. The lowest BCUT2D eigenvalue weighted by atomic mass is 9.85. The zero-order chi connectivity index (χ0) is 14.0. The van der Waals surface area contributed by atoms with Gasteiger partial charge in [0.2, 0.25) is 11.8 Å². The zero-order valence-electron chi connectivity index (χ0n) is 11.1. The summed E-state index contributed by atoms with van der Waals surface area (Å²) in [7, 11) is 0. The van der Waals surface area contributed by atoms with Crippen LogP contribution >= 0.6 is 0 Å². The minimum atomic E-state index is -0.812. The number of nitrogens with zero attached hydrogens (tertiary/aromatic N) is 1. The first-order valence-corrected chi connectivity index (χ1v) is 7.36. The molecule has 1 aliphatic heterocycles. The first kappa shape index (κ1) is 12.1. The number of carboxylic acids is 1. The third-order valence-corrected chi connectivity index (χ3v) is 5.62. The maximum Gasteiger partial charge on any atom is 0.306 e.